The zero-order valence-electron chi connectivity index (χ0n) is 9.72. The van der Waals surface area contributed by atoms with E-state index in [0.29, 0.717) is 0 Å². The van der Waals surface area contributed by atoms with Gasteiger partial charge in [0.05, 0.1) is 0 Å². The van der Waals surface area contributed by atoms with E-state index in [2.05, 4.69) is 0 Å². The Morgan fingerprint density at radius 3 is 2.10 bits per heavy atom. The highest BCUT2D eigenvalue weighted by Gasteiger charge is 2.34. The molecule has 0 atom stereocenters. The van der Waals surface area contributed by atoms with Crippen LogP contribution in [-0.4, -0.2) is 59.1 Å². The topological polar surface area (TPSA) is 69.6 Å². The van der Waals surface area contributed by atoms with Crippen molar-refractivity contribution in [3.05, 3.63) is 0 Å². The molecule has 0 aromatic carbocycles. The molecular weight excluding hydrogens is 318 g/mol. The highest BCUT2D eigenvalue weighted by molar-refractivity contribution is 8.00. The quantitative estimate of drug-likeness (QED) is 0.577. The lowest BCUT2D eigenvalue weighted by atomic mass is 10.4. The summed E-state index contributed by atoms with van der Waals surface area (Å²) in [4.78, 5) is 21.5. The molecule has 5 nitrogen and oxygen atoms in total. The Hall–Kier alpha value is -1.33. The number of halogens is 6. The van der Waals surface area contributed by atoms with Crippen LogP contribution in [0.4, 0.5) is 31.1 Å². The minimum absolute atomic E-state index is 0.0550. The molecule has 2 amide bonds. The van der Waals surface area contributed by atoms with Gasteiger partial charge in [0.15, 0.2) is 0 Å². The number of nitrogens with one attached hydrogen (secondary N) is 1. The molecule has 20 heavy (non-hydrogen) atoms. The average molecular weight is 328 g/mol. The van der Waals surface area contributed by atoms with Gasteiger partial charge in [0.1, 0.15) is 13.1 Å². The third-order valence-corrected chi connectivity index (χ3v) is 2.36. The van der Waals surface area contributed by atoms with Crippen LogP contribution in [-0.2, 0) is 4.79 Å². The normalized spacial score (nSPS) is 12.1. The highest BCUT2D eigenvalue weighted by atomic mass is 32.2. The van der Waals surface area contributed by atoms with Crippen molar-refractivity contribution in [2.24, 2.45) is 0 Å². The molecule has 12 heteroatoms. The molecule has 0 fully saturated rings. The number of hydrogen-bond acceptors (Lipinski definition) is 3. The first-order chi connectivity index (χ1) is 8.91. The second-order valence-corrected chi connectivity index (χ2v) is 4.55. The van der Waals surface area contributed by atoms with E-state index in [4.69, 9.17) is 5.11 Å². The van der Waals surface area contributed by atoms with Crippen molar-refractivity contribution in [3.8, 4) is 0 Å². The number of carbonyl (C=O) groups is 2. The van der Waals surface area contributed by atoms with Gasteiger partial charge in [0.2, 0.25) is 0 Å². The first-order valence-electron chi connectivity index (χ1n) is 4.93. The van der Waals surface area contributed by atoms with Gasteiger partial charge in [-0.3, -0.25) is 4.79 Å². The Morgan fingerprint density at radius 2 is 1.70 bits per heavy atom. The van der Waals surface area contributed by atoms with Gasteiger partial charge in [-0.2, -0.15) is 26.3 Å². The molecule has 0 aliphatic heterocycles. The fourth-order valence-electron chi connectivity index (χ4n) is 1.02. The average Bonchev–Trinajstić information content (AvgIpc) is 2.19. The van der Waals surface area contributed by atoms with Gasteiger partial charge in [0, 0.05) is 12.3 Å². The van der Waals surface area contributed by atoms with Crippen LogP contribution in [0.3, 0.4) is 0 Å². The molecule has 0 aromatic heterocycles. The fourth-order valence-corrected chi connectivity index (χ4v) is 1.45. The number of thioether (sulfide) groups is 1. The third kappa shape index (κ3) is 10.6. The summed E-state index contributed by atoms with van der Waals surface area (Å²) >= 11 is -0.457. The molecule has 0 heterocycles. The predicted octanol–water partition coefficient (Wildman–Crippen LogP) is 1.90. The molecule has 118 valence electrons. The molecule has 0 saturated heterocycles. The van der Waals surface area contributed by atoms with Crippen LogP contribution in [0, 0.1) is 0 Å². The maximum Gasteiger partial charge on any atom is 0.441 e. The standard InChI is InChI=1S/C8H10F6N2O3S/c9-7(10,11)4-16(3-5(17)18)6(19)15-1-2-20-8(12,13)14/h1-4H2,(H,15,19)(H,17,18). The van der Waals surface area contributed by atoms with Gasteiger partial charge in [-0.05, 0) is 11.8 Å². The van der Waals surface area contributed by atoms with Crippen molar-refractivity contribution >= 4 is 23.8 Å². The highest BCUT2D eigenvalue weighted by Crippen LogP contribution is 2.29. The fraction of sp³-hybridized carbons (Fsp3) is 0.750. The number of urea groups is 1. The number of rotatable bonds is 6. The van der Waals surface area contributed by atoms with Crippen molar-refractivity contribution in [2.75, 3.05) is 25.4 Å². The molecule has 0 unspecified atom stereocenters. The van der Waals surface area contributed by atoms with Crippen molar-refractivity contribution < 1.29 is 41.0 Å². The van der Waals surface area contributed by atoms with E-state index < -0.39 is 60.8 Å². The second kappa shape index (κ2) is 7.45. The maximum absolute atomic E-state index is 12.1. The van der Waals surface area contributed by atoms with Gasteiger partial charge in [-0.15, -0.1) is 0 Å². The van der Waals surface area contributed by atoms with Crippen LogP contribution in [0.2, 0.25) is 0 Å². The summed E-state index contributed by atoms with van der Waals surface area (Å²) in [5.74, 6) is -2.27. The first kappa shape index (κ1) is 18.7. The summed E-state index contributed by atoms with van der Waals surface area (Å²) in [6.07, 6.45) is -4.81. The predicted molar refractivity (Wildman–Crippen MR) is 57.2 cm³/mol. The molecule has 0 saturated carbocycles. The molecule has 2 N–H and O–H groups in total. The van der Waals surface area contributed by atoms with Crippen molar-refractivity contribution in [1.29, 1.82) is 0 Å². The largest absolute Gasteiger partial charge is 0.480 e. The minimum Gasteiger partial charge on any atom is -0.480 e. The second-order valence-electron chi connectivity index (χ2n) is 3.39. The number of alkyl halides is 6. The summed E-state index contributed by atoms with van der Waals surface area (Å²) in [6.45, 7) is -3.56. The van der Waals surface area contributed by atoms with E-state index in [9.17, 15) is 35.9 Å². The zero-order chi connectivity index (χ0) is 16.0. The summed E-state index contributed by atoms with van der Waals surface area (Å²) in [5.41, 5.74) is -4.52. The van der Waals surface area contributed by atoms with Crippen LogP contribution in [0.15, 0.2) is 0 Å². The Labute approximate surface area is 113 Å². The first-order valence-corrected chi connectivity index (χ1v) is 5.91. The summed E-state index contributed by atoms with van der Waals surface area (Å²) in [7, 11) is 0. The zero-order valence-corrected chi connectivity index (χ0v) is 10.5. The van der Waals surface area contributed by atoms with E-state index >= 15 is 0 Å². The van der Waals surface area contributed by atoms with Gasteiger partial charge in [-0.25, -0.2) is 4.79 Å². The third-order valence-electron chi connectivity index (χ3n) is 1.63. The summed E-state index contributed by atoms with van der Waals surface area (Å²) < 4.78 is 71.5. The summed E-state index contributed by atoms with van der Waals surface area (Å²) in [6, 6.07) is -1.40. The number of hydrogen-bond donors (Lipinski definition) is 2. The lowest BCUT2D eigenvalue weighted by molar-refractivity contribution is -0.148. The molecule has 0 spiro atoms. The Bertz CT molecular complexity index is 346. The molecular formula is C8H10F6N2O3S. The van der Waals surface area contributed by atoms with E-state index in [1.165, 1.54) is 0 Å². The SMILES string of the molecule is O=C(O)CN(CC(F)(F)F)C(=O)NCCSC(F)(F)F. The number of amides is 2. The number of carbonyl (C=O) groups excluding carboxylic acids is 1. The van der Waals surface area contributed by atoms with Gasteiger partial charge < -0.3 is 15.3 Å². The van der Waals surface area contributed by atoms with Crippen molar-refractivity contribution in [2.45, 2.75) is 11.7 Å². The van der Waals surface area contributed by atoms with E-state index in [-0.39, 0.29) is 4.90 Å². The van der Waals surface area contributed by atoms with Crippen LogP contribution in [0.5, 0.6) is 0 Å². The van der Waals surface area contributed by atoms with Crippen LogP contribution in [0.25, 0.3) is 0 Å². The molecule has 0 aliphatic rings. The van der Waals surface area contributed by atoms with E-state index in [1.807, 2.05) is 0 Å². The number of carboxylic acids is 1. The number of nitrogens with zero attached hydrogens (tertiary/aromatic N) is 1. The molecule has 0 bridgehead atoms. The smallest absolute Gasteiger partial charge is 0.441 e. The van der Waals surface area contributed by atoms with E-state index in [1.54, 1.807) is 5.32 Å². The van der Waals surface area contributed by atoms with Crippen molar-refractivity contribution in [3.63, 3.8) is 0 Å². The monoisotopic (exact) mass is 328 g/mol. The molecule has 0 aliphatic carbocycles. The van der Waals surface area contributed by atoms with Gasteiger partial charge in [-0.1, -0.05) is 0 Å². The Kier molecular flexibility index (Phi) is 6.96. The number of aliphatic carboxylic acids is 1. The maximum atomic E-state index is 12.1. The molecule has 0 rings (SSSR count). The van der Waals surface area contributed by atoms with Crippen LogP contribution < -0.4 is 5.32 Å². The van der Waals surface area contributed by atoms with Gasteiger partial charge >= 0.3 is 23.7 Å². The lowest BCUT2D eigenvalue weighted by Crippen LogP contribution is -2.47. The Balaban J connectivity index is 4.31. The molecule has 0 radical (unpaired) electrons. The van der Waals surface area contributed by atoms with Gasteiger partial charge in [0.25, 0.3) is 0 Å². The number of carboxylic acid groups (broad SMARTS) is 1. The minimum atomic E-state index is -4.81. The van der Waals surface area contributed by atoms with E-state index in [0.717, 1.165) is 0 Å². The Morgan fingerprint density at radius 1 is 1.15 bits per heavy atom. The van der Waals surface area contributed by atoms with Crippen LogP contribution >= 0.6 is 11.8 Å². The molecule has 0 aromatic rings. The lowest BCUT2D eigenvalue weighted by Gasteiger charge is -2.22. The summed E-state index contributed by atoms with van der Waals surface area (Å²) in [5, 5.41) is 10.2. The van der Waals surface area contributed by atoms with Crippen LogP contribution in [0.1, 0.15) is 0 Å². The van der Waals surface area contributed by atoms with Crippen molar-refractivity contribution in [1.82, 2.24) is 10.2 Å².